The van der Waals surface area contributed by atoms with Gasteiger partial charge in [0.15, 0.2) is 0 Å². The number of carboxylic acid groups (broad SMARTS) is 1. The highest BCUT2D eigenvalue weighted by molar-refractivity contribution is 7.46. The Morgan fingerprint density at radius 1 is 1.06 bits per heavy atom. The van der Waals surface area contributed by atoms with Gasteiger partial charge in [-0.2, -0.15) is 0 Å². The average Bonchev–Trinajstić information content (AvgIpc) is 2.73. The van der Waals surface area contributed by atoms with Gasteiger partial charge < -0.3 is 20.3 Å². The molecule has 12 heteroatoms. The zero-order valence-electron chi connectivity index (χ0n) is 18.0. The highest BCUT2D eigenvalue weighted by Gasteiger charge is 2.28. The molecule has 0 bridgehead atoms. The molecule has 5 N–H and O–H groups in total. The first-order valence-corrected chi connectivity index (χ1v) is 11.6. The lowest BCUT2D eigenvalue weighted by Gasteiger charge is -2.22. The Morgan fingerprint density at radius 3 is 2.24 bits per heavy atom. The number of benzene rings is 1. The minimum Gasteiger partial charge on any atom is -0.480 e. The predicted molar refractivity (Wildman–Crippen MR) is 117 cm³/mol. The number of aromatic nitrogens is 1. The van der Waals surface area contributed by atoms with Gasteiger partial charge in [0.25, 0.3) is 5.91 Å². The van der Waals surface area contributed by atoms with Crippen LogP contribution in [0.25, 0.3) is 0 Å². The fraction of sp³-hybridized carbons (Fsp3) is 0.333. The van der Waals surface area contributed by atoms with Gasteiger partial charge in [0, 0.05) is 18.8 Å². The molecule has 1 aromatic heterocycles. The number of hydrogen-bond donors (Lipinski definition) is 5. The molecular weight excluding hydrogens is 453 g/mol. The van der Waals surface area contributed by atoms with E-state index in [0.29, 0.717) is 5.56 Å². The molecule has 2 rings (SSSR count). The van der Waals surface area contributed by atoms with Crippen LogP contribution >= 0.6 is 7.82 Å². The Kier molecular flexibility index (Phi) is 9.10. The molecule has 1 aromatic carbocycles. The van der Waals surface area contributed by atoms with E-state index in [1.165, 1.54) is 42.7 Å². The van der Waals surface area contributed by atoms with Crippen LogP contribution in [0.1, 0.15) is 36.2 Å². The second kappa shape index (κ2) is 11.6. The average molecular weight is 479 g/mol. The largest absolute Gasteiger partial charge is 0.524 e. The summed E-state index contributed by atoms with van der Waals surface area (Å²) in [7, 11) is -4.72. The number of carboxylic acids is 1. The number of pyridine rings is 1. The second-order valence-corrected chi connectivity index (χ2v) is 8.89. The number of nitrogens with one attached hydrogen (secondary N) is 2. The molecule has 0 saturated carbocycles. The third-order valence-electron chi connectivity index (χ3n) is 4.45. The maximum Gasteiger partial charge on any atom is 0.524 e. The number of amides is 2. The van der Waals surface area contributed by atoms with E-state index < -0.39 is 37.7 Å². The van der Waals surface area contributed by atoms with Crippen LogP contribution in [0.3, 0.4) is 0 Å². The Balaban J connectivity index is 2.22. The van der Waals surface area contributed by atoms with E-state index in [4.69, 9.17) is 9.79 Å². The minimum atomic E-state index is -4.72. The normalized spacial score (nSPS) is 13.1. The smallest absolute Gasteiger partial charge is 0.480 e. The van der Waals surface area contributed by atoms with Crippen LogP contribution in [-0.4, -0.2) is 49.7 Å². The van der Waals surface area contributed by atoms with Crippen LogP contribution in [0.4, 0.5) is 0 Å². The van der Waals surface area contributed by atoms with Crippen LogP contribution in [0, 0.1) is 5.92 Å². The molecule has 178 valence electrons. The van der Waals surface area contributed by atoms with Gasteiger partial charge in [-0.15, -0.1) is 0 Å². The summed E-state index contributed by atoms with van der Waals surface area (Å²) in [4.78, 5) is 58.7. The third kappa shape index (κ3) is 9.01. The summed E-state index contributed by atoms with van der Waals surface area (Å²) in [5, 5.41) is 14.5. The summed E-state index contributed by atoms with van der Waals surface area (Å²) in [5.41, 5.74) is 0.757. The van der Waals surface area contributed by atoms with Crippen molar-refractivity contribution in [2.75, 3.05) is 0 Å². The van der Waals surface area contributed by atoms with E-state index in [2.05, 4.69) is 20.1 Å². The number of carbonyl (C=O) groups is 3. The van der Waals surface area contributed by atoms with Crippen LogP contribution in [0.15, 0.2) is 48.8 Å². The lowest BCUT2D eigenvalue weighted by Crippen LogP contribution is -2.52. The summed E-state index contributed by atoms with van der Waals surface area (Å²) in [6, 6.07) is 6.40. The van der Waals surface area contributed by atoms with E-state index in [0.717, 1.165) is 0 Å². The van der Waals surface area contributed by atoms with Crippen molar-refractivity contribution in [3.63, 3.8) is 0 Å². The lowest BCUT2D eigenvalue weighted by atomic mass is 10.0. The molecule has 0 aliphatic rings. The van der Waals surface area contributed by atoms with Crippen LogP contribution < -0.4 is 15.2 Å². The SMILES string of the molecule is CC(C)CC(NC(=O)C(Cc1ccc(OP(=O)(O)O)cc1)NC(=O)c1cccnc1)C(=O)O. The van der Waals surface area contributed by atoms with E-state index >= 15 is 0 Å². The van der Waals surface area contributed by atoms with Crippen LogP contribution in [0.5, 0.6) is 5.75 Å². The summed E-state index contributed by atoms with van der Waals surface area (Å²) in [6.07, 6.45) is 3.02. The van der Waals surface area contributed by atoms with Crippen molar-refractivity contribution in [3.05, 3.63) is 59.9 Å². The van der Waals surface area contributed by atoms with Crippen molar-refractivity contribution < 1.29 is 38.4 Å². The van der Waals surface area contributed by atoms with Crippen molar-refractivity contribution in [2.24, 2.45) is 5.92 Å². The Morgan fingerprint density at radius 2 is 1.73 bits per heavy atom. The molecular formula is C21H26N3O8P. The van der Waals surface area contributed by atoms with Gasteiger partial charge in [-0.1, -0.05) is 26.0 Å². The van der Waals surface area contributed by atoms with Crippen molar-refractivity contribution in [1.29, 1.82) is 0 Å². The summed E-state index contributed by atoms with van der Waals surface area (Å²) in [5.74, 6) is -2.50. The first-order valence-electron chi connectivity index (χ1n) is 10.0. The quantitative estimate of drug-likeness (QED) is 0.299. The Hall–Kier alpha value is -3.27. The summed E-state index contributed by atoms with van der Waals surface area (Å²) >= 11 is 0. The fourth-order valence-electron chi connectivity index (χ4n) is 2.97. The minimum absolute atomic E-state index is 0.0106. The van der Waals surface area contributed by atoms with Gasteiger partial charge in [-0.05, 0) is 42.2 Å². The number of phosphoric acid groups is 1. The van der Waals surface area contributed by atoms with Crippen molar-refractivity contribution in [3.8, 4) is 5.75 Å². The fourth-order valence-corrected chi connectivity index (χ4v) is 3.37. The number of aliphatic carboxylic acids is 1. The zero-order valence-corrected chi connectivity index (χ0v) is 18.9. The molecule has 2 unspecified atom stereocenters. The first-order chi connectivity index (χ1) is 15.4. The molecule has 2 aromatic rings. The van der Waals surface area contributed by atoms with Crippen molar-refractivity contribution in [1.82, 2.24) is 15.6 Å². The third-order valence-corrected chi connectivity index (χ3v) is 4.90. The van der Waals surface area contributed by atoms with Gasteiger partial charge >= 0.3 is 13.8 Å². The number of carbonyl (C=O) groups excluding carboxylic acids is 2. The number of nitrogens with zero attached hydrogens (tertiary/aromatic N) is 1. The molecule has 2 amide bonds. The summed E-state index contributed by atoms with van der Waals surface area (Å²) in [6.45, 7) is 3.65. The van der Waals surface area contributed by atoms with Crippen LogP contribution in [-0.2, 0) is 20.6 Å². The first kappa shape index (κ1) is 26.0. The molecule has 1 heterocycles. The molecule has 33 heavy (non-hydrogen) atoms. The Bertz CT molecular complexity index is 1010. The number of hydrogen-bond acceptors (Lipinski definition) is 6. The van der Waals surface area contributed by atoms with Crippen molar-refractivity contribution in [2.45, 2.75) is 38.8 Å². The molecule has 0 fully saturated rings. The van der Waals surface area contributed by atoms with Gasteiger partial charge in [0.2, 0.25) is 5.91 Å². The molecule has 0 radical (unpaired) electrons. The second-order valence-electron chi connectivity index (χ2n) is 7.73. The Labute approximate surface area is 190 Å². The van der Waals surface area contributed by atoms with E-state index in [-0.39, 0.29) is 30.1 Å². The standard InChI is InChI=1S/C21H26N3O8P/c1-13(2)10-18(21(27)28)24-20(26)17(23-19(25)15-4-3-9-22-12-15)11-14-5-7-16(8-6-14)32-33(29,30)31/h3-9,12-13,17-18H,10-11H2,1-2H3,(H,23,25)(H,24,26)(H,27,28)(H2,29,30,31). The highest BCUT2D eigenvalue weighted by atomic mass is 31.2. The predicted octanol–water partition coefficient (Wildman–Crippen LogP) is 1.51. The topological polar surface area (TPSA) is 175 Å². The highest BCUT2D eigenvalue weighted by Crippen LogP contribution is 2.37. The van der Waals surface area contributed by atoms with E-state index in [9.17, 15) is 24.1 Å². The van der Waals surface area contributed by atoms with Gasteiger partial charge in [-0.3, -0.25) is 24.4 Å². The summed E-state index contributed by atoms with van der Waals surface area (Å²) < 4.78 is 15.5. The van der Waals surface area contributed by atoms with Crippen molar-refractivity contribution >= 4 is 25.6 Å². The zero-order chi connectivity index (χ0) is 24.6. The molecule has 11 nitrogen and oxygen atoms in total. The van der Waals surface area contributed by atoms with Crippen LogP contribution in [0.2, 0.25) is 0 Å². The van der Waals surface area contributed by atoms with Gasteiger partial charge in [-0.25, -0.2) is 9.36 Å². The molecule has 0 saturated heterocycles. The maximum atomic E-state index is 12.9. The number of phosphoric ester groups is 1. The van der Waals surface area contributed by atoms with E-state index in [1.54, 1.807) is 6.07 Å². The molecule has 2 atom stereocenters. The van der Waals surface area contributed by atoms with Gasteiger partial charge in [0.05, 0.1) is 5.56 Å². The molecule has 0 spiro atoms. The molecule has 0 aliphatic carbocycles. The lowest BCUT2D eigenvalue weighted by molar-refractivity contribution is -0.142. The van der Waals surface area contributed by atoms with Gasteiger partial charge in [0.1, 0.15) is 17.8 Å². The molecule has 0 aliphatic heterocycles. The number of rotatable bonds is 11. The monoisotopic (exact) mass is 479 g/mol. The van der Waals surface area contributed by atoms with E-state index in [1.807, 2.05) is 13.8 Å². The maximum absolute atomic E-state index is 12.9.